The maximum atomic E-state index is 12.4. The van der Waals surface area contributed by atoms with Crippen LogP contribution in [0.3, 0.4) is 0 Å². The first-order valence-electron chi connectivity index (χ1n) is 10.4. The second kappa shape index (κ2) is 14.6. The zero-order valence-corrected chi connectivity index (χ0v) is 16.6. The normalized spacial score (nSPS) is 20.5. The Hall–Kier alpha value is -1.58. The zero-order chi connectivity index (χ0) is 19.0. The van der Waals surface area contributed by atoms with Gasteiger partial charge in [-0.2, -0.15) is 0 Å². The summed E-state index contributed by atoms with van der Waals surface area (Å²) < 4.78 is 10.5. The molecule has 0 spiro atoms. The van der Waals surface area contributed by atoms with Crippen molar-refractivity contribution in [2.24, 2.45) is 11.8 Å². The van der Waals surface area contributed by atoms with Gasteiger partial charge in [-0.05, 0) is 50.7 Å². The molecular weight excluding hydrogens is 328 g/mol. The van der Waals surface area contributed by atoms with Crippen LogP contribution in [-0.4, -0.2) is 11.9 Å². The highest BCUT2D eigenvalue weighted by Crippen LogP contribution is 2.32. The standard InChI is InChI=1S/C22H36O4/c1-3-5-7-9-13-17-25-21(23)19-15-11-12-16-20(19)22(24)26-18-14-10-8-6-4-2/h13-14,17-20H,3-12,15-16H2,1-2H3/b17-13+,18-14+. The van der Waals surface area contributed by atoms with Crippen LogP contribution in [0.5, 0.6) is 0 Å². The summed E-state index contributed by atoms with van der Waals surface area (Å²) in [5, 5.41) is 0. The highest BCUT2D eigenvalue weighted by atomic mass is 16.5. The molecule has 0 aromatic carbocycles. The topological polar surface area (TPSA) is 52.6 Å². The molecule has 0 amide bonds. The van der Waals surface area contributed by atoms with Crippen molar-refractivity contribution in [3.05, 3.63) is 24.7 Å². The van der Waals surface area contributed by atoms with Gasteiger partial charge in [0.25, 0.3) is 0 Å². The second-order valence-corrected chi connectivity index (χ2v) is 7.11. The molecule has 0 aromatic heterocycles. The van der Waals surface area contributed by atoms with Crippen molar-refractivity contribution in [2.45, 2.75) is 90.9 Å². The molecule has 2 unspecified atom stereocenters. The Balaban J connectivity index is 2.41. The minimum atomic E-state index is -0.384. The average Bonchev–Trinajstić information content (AvgIpc) is 2.67. The smallest absolute Gasteiger partial charge is 0.314 e. The summed E-state index contributed by atoms with van der Waals surface area (Å²) in [6, 6.07) is 0. The molecule has 1 saturated carbocycles. The fraction of sp³-hybridized carbons (Fsp3) is 0.727. The third-order valence-electron chi connectivity index (χ3n) is 4.88. The Morgan fingerprint density at radius 3 is 1.58 bits per heavy atom. The van der Waals surface area contributed by atoms with Gasteiger partial charge in [-0.25, -0.2) is 0 Å². The van der Waals surface area contributed by atoms with Crippen LogP contribution < -0.4 is 0 Å². The Kier molecular flexibility index (Phi) is 12.6. The SMILES string of the molecule is CCCCC/C=C/OC(=O)C1CCCCC1C(=O)O/C=C/CCCCC. The lowest BCUT2D eigenvalue weighted by Gasteiger charge is -2.27. The van der Waals surface area contributed by atoms with Crippen molar-refractivity contribution in [2.75, 3.05) is 0 Å². The molecule has 2 atom stereocenters. The first-order chi connectivity index (χ1) is 12.7. The van der Waals surface area contributed by atoms with Crippen molar-refractivity contribution < 1.29 is 19.1 Å². The molecule has 4 nitrogen and oxygen atoms in total. The van der Waals surface area contributed by atoms with Crippen molar-refractivity contribution in [3.63, 3.8) is 0 Å². The lowest BCUT2D eigenvalue weighted by atomic mass is 9.79. The number of carbonyl (C=O) groups is 2. The molecule has 1 aliphatic rings. The number of carbonyl (C=O) groups excluding carboxylic acids is 2. The lowest BCUT2D eigenvalue weighted by molar-refractivity contribution is -0.156. The monoisotopic (exact) mass is 364 g/mol. The van der Waals surface area contributed by atoms with Crippen molar-refractivity contribution in [3.8, 4) is 0 Å². The first kappa shape index (κ1) is 22.5. The van der Waals surface area contributed by atoms with Gasteiger partial charge in [0.05, 0.1) is 24.4 Å². The number of unbranched alkanes of at least 4 members (excludes halogenated alkanes) is 6. The molecule has 148 valence electrons. The zero-order valence-electron chi connectivity index (χ0n) is 16.6. The lowest BCUT2D eigenvalue weighted by Crippen LogP contribution is -2.33. The van der Waals surface area contributed by atoms with Crippen LogP contribution in [0.25, 0.3) is 0 Å². The fourth-order valence-electron chi connectivity index (χ4n) is 3.26. The van der Waals surface area contributed by atoms with Gasteiger partial charge in [0, 0.05) is 0 Å². The van der Waals surface area contributed by atoms with Gasteiger partial charge in [-0.15, -0.1) is 0 Å². The Labute approximate surface area is 159 Å². The Morgan fingerprint density at radius 1 is 0.769 bits per heavy atom. The summed E-state index contributed by atoms with van der Waals surface area (Å²) in [5.74, 6) is -1.37. The third kappa shape index (κ3) is 9.21. The number of esters is 2. The number of rotatable bonds is 12. The van der Waals surface area contributed by atoms with Gasteiger partial charge in [0.15, 0.2) is 0 Å². The Bertz CT molecular complexity index is 411. The molecule has 4 heteroatoms. The molecule has 0 N–H and O–H groups in total. The van der Waals surface area contributed by atoms with E-state index in [9.17, 15) is 9.59 Å². The van der Waals surface area contributed by atoms with Crippen molar-refractivity contribution >= 4 is 11.9 Å². The van der Waals surface area contributed by atoms with Gasteiger partial charge in [-0.1, -0.05) is 52.4 Å². The number of hydrogen-bond acceptors (Lipinski definition) is 4. The van der Waals surface area contributed by atoms with Crippen LogP contribution in [0.1, 0.15) is 90.9 Å². The summed E-state index contributed by atoms with van der Waals surface area (Å²) in [6.45, 7) is 4.32. The summed E-state index contributed by atoms with van der Waals surface area (Å²) >= 11 is 0. The number of ether oxygens (including phenoxy) is 2. The molecule has 0 aromatic rings. The van der Waals surface area contributed by atoms with E-state index in [0.29, 0.717) is 12.8 Å². The second-order valence-electron chi connectivity index (χ2n) is 7.11. The third-order valence-corrected chi connectivity index (χ3v) is 4.88. The van der Waals surface area contributed by atoms with E-state index in [1.165, 1.54) is 38.2 Å². The molecule has 1 aliphatic carbocycles. The van der Waals surface area contributed by atoms with Gasteiger partial charge >= 0.3 is 11.9 Å². The van der Waals surface area contributed by atoms with E-state index >= 15 is 0 Å². The largest absolute Gasteiger partial charge is 0.435 e. The molecule has 1 fully saturated rings. The van der Waals surface area contributed by atoms with Crippen LogP contribution in [0, 0.1) is 11.8 Å². The maximum absolute atomic E-state index is 12.4. The van der Waals surface area contributed by atoms with E-state index in [4.69, 9.17) is 9.47 Å². The van der Waals surface area contributed by atoms with E-state index in [-0.39, 0.29) is 23.8 Å². The molecule has 0 aliphatic heterocycles. The van der Waals surface area contributed by atoms with Crippen molar-refractivity contribution in [1.29, 1.82) is 0 Å². The molecule has 0 saturated heterocycles. The highest BCUT2D eigenvalue weighted by Gasteiger charge is 2.37. The van der Waals surface area contributed by atoms with E-state index in [0.717, 1.165) is 38.5 Å². The van der Waals surface area contributed by atoms with Crippen molar-refractivity contribution in [1.82, 2.24) is 0 Å². The van der Waals surface area contributed by atoms with E-state index < -0.39 is 0 Å². The van der Waals surface area contributed by atoms with E-state index in [1.807, 2.05) is 12.2 Å². The van der Waals surface area contributed by atoms with E-state index in [1.54, 1.807) is 0 Å². The molecule has 1 rings (SSSR count). The van der Waals surface area contributed by atoms with Crippen LogP contribution in [0.4, 0.5) is 0 Å². The molecule has 0 heterocycles. The highest BCUT2D eigenvalue weighted by molar-refractivity contribution is 5.82. The van der Waals surface area contributed by atoms with Gasteiger partial charge in [-0.3, -0.25) is 9.59 Å². The maximum Gasteiger partial charge on any atom is 0.314 e. The predicted molar refractivity (Wildman–Crippen MR) is 104 cm³/mol. The van der Waals surface area contributed by atoms with Crippen LogP contribution >= 0.6 is 0 Å². The summed E-state index contributed by atoms with van der Waals surface area (Å²) in [4.78, 5) is 24.7. The van der Waals surface area contributed by atoms with Crippen LogP contribution in [0.2, 0.25) is 0 Å². The fourth-order valence-corrected chi connectivity index (χ4v) is 3.26. The molecule has 26 heavy (non-hydrogen) atoms. The van der Waals surface area contributed by atoms with Gasteiger partial charge in [0.1, 0.15) is 0 Å². The summed E-state index contributed by atoms with van der Waals surface area (Å²) in [7, 11) is 0. The van der Waals surface area contributed by atoms with Gasteiger partial charge < -0.3 is 9.47 Å². The first-order valence-corrected chi connectivity index (χ1v) is 10.4. The Morgan fingerprint density at radius 2 is 1.19 bits per heavy atom. The van der Waals surface area contributed by atoms with Gasteiger partial charge in [0.2, 0.25) is 0 Å². The molecule has 0 radical (unpaired) electrons. The quantitative estimate of drug-likeness (QED) is 0.240. The average molecular weight is 365 g/mol. The minimum absolute atomic E-state index is 0.301. The van der Waals surface area contributed by atoms with Crippen LogP contribution in [-0.2, 0) is 19.1 Å². The summed E-state index contributed by atoms with van der Waals surface area (Å²) in [6.07, 6.45) is 18.8. The predicted octanol–water partition coefficient (Wildman–Crippen LogP) is 6.07. The molecular formula is C22H36O4. The van der Waals surface area contributed by atoms with Crippen LogP contribution in [0.15, 0.2) is 24.7 Å². The minimum Gasteiger partial charge on any atom is -0.435 e. The number of allylic oxidation sites excluding steroid dienone is 2. The summed E-state index contributed by atoms with van der Waals surface area (Å²) in [5.41, 5.74) is 0. The molecule has 0 bridgehead atoms. The van der Waals surface area contributed by atoms with E-state index in [2.05, 4.69) is 13.8 Å². The number of hydrogen-bond donors (Lipinski definition) is 0.